The Morgan fingerprint density at radius 3 is 3.00 bits per heavy atom. The molecule has 0 spiro atoms. The van der Waals surface area contributed by atoms with Crippen LogP contribution in [0.4, 0.5) is 0 Å². The lowest BCUT2D eigenvalue weighted by Crippen LogP contribution is -2.34. The van der Waals surface area contributed by atoms with Crippen LogP contribution in [0, 0.1) is 0 Å². The molecule has 0 saturated heterocycles. The Balaban J connectivity index is 1.56. The zero-order chi connectivity index (χ0) is 15.4. The van der Waals surface area contributed by atoms with E-state index in [4.69, 9.17) is 0 Å². The van der Waals surface area contributed by atoms with Gasteiger partial charge in [-0.05, 0) is 25.3 Å². The third kappa shape index (κ3) is 3.36. The van der Waals surface area contributed by atoms with Gasteiger partial charge in [-0.2, -0.15) is 5.10 Å². The van der Waals surface area contributed by atoms with Crippen LogP contribution in [0.25, 0.3) is 0 Å². The van der Waals surface area contributed by atoms with E-state index in [9.17, 15) is 4.79 Å². The number of H-pyrrole nitrogens is 1. The van der Waals surface area contributed by atoms with Gasteiger partial charge in [0.05, 0.1) is 0 Å². The van der Waals surface area contributed by atoms with Crippen LogP contribution in [0.2, 0.25) is 0 Å². The van der Waals surface area contributed by atoms with Crippen LogP contribution in [0.3, 0.4) is 0 Å². The second-order valence-electron chi connectivity index (χ2n) is 5.85. The molecule has 0 aliphatic carbocycles. The summed E-state index contributed by atoms with van der Waals surface area (Å²) < 4.78 is 0. The third-order valence-electron chi connectivity index (χ3n) is 4.11. The van der Waals surface area contributed by atoms with Crippen molar-refractivity contribution in [3.8, 4) is 0 Å². The highest BCUT2D eigenvalue weighted by atomic mass is 16.2. The van der Waals surface area contributed by atoms with E-state index in [1.54, 1.807) is 0 Å². The van der Waals surface area contributed by atoms with Gasteiger partial charge < -0.3 is 10.6 Å². The predicted octanol–water partition coefficient (Wildman–Crippen LogP) is 1.81. The quantitative estimate of drug-likeness (QED) is 0.788. The molecule has 1 aliphatic heterocycles. The number of aromatic nitrogens is 2. The van der Waals surface area contributed by atoms with E-state index < -0.39 is 0 Å². The number of nitrogens with one attached hydrogen (secondary N) is 3. The SMILES string of the molecule is CC(CCc1ccccc1)NC(=O)c1n[nH]c2c1CNCC2. The summed E-state index contributed by atoms with van der Waals surface area (Å²) in [5.74, 6) is -0.0817. The minimum atomic E-state index is -0.0817. The number of hydrogen-bond donors (Lipinski definition) is 3. The molecule has 0 fully saturated rings. The molecule has 0 bridgehead atoms. The topological polar surface area (TPSA) is 69.8 Å². The van der Waals surface area contributed by atoms with Crippen LogP contribution in [0.1, 0.15) is 40.7 Å². The molecular weight excluding hydrogens is 276 g/mol. The number of carbonyl (C=O) groups excluding carboxylic acids is 1. The van der Waals surface area contributed by atoms with Gasteiger partial charge >= 0.3 is 0 Å². The summed E-state index contributed by atoms with van der Waals surface area (Å²) in [5.41, 5.74) is 3.93. The summed E-state index contributed by atoms with van der Waals surface area (Å²) in [5, 5.41) is 13.5. The van der Waals surface area contributed by atoms with Gasteiger partial charge in [0.1, 0.15) is 0 Å². The Labute approximate surface area is 130 Å². The number of benzene rings is 1. The first-order valence-electron chi connectivity index (χ1n) is 7.85. The second-order valence-corrected chi connectivity index (χ2v) is 5.85. The molecule has 1 unspecified atom stereocenters. The summed E-state index contributed by atoms with van der Waals surface area (Å²) in [7, 11) is 0. The van der Waals surface area contributed by atoms with Crippen LogP contribution >= 0.6 is 0 Å². The highest BCUT2D eigenvalue weighted by Crippen LogP contribution is 2.15. The Bertz CT molecular complexity index is 635. The molecular formula is C17H22N4O. The molecule has 22 heavy (non-hydrogen) atoms. The van der Waals surface area contributed by atoms with Gasteiger partial charge in [-0.15, -0.1) is 0 Å². The molecule has 1 aliphatic rings. The van der Waals surface area contributed by atoms with Gasteiger partial charge in [-0.1, -0.05) is 30.3 Å². The molecule has 1 atom stereocenters. The number of nitrogens with zero attached hydrogens (tertiary/aromatic N) is 1. The molecule has 1 amide bonds. The normalized spacial score (nSPS) is 15.1. The highest BCUT2D eigenvalue weighted by molar-refractivity contribution is 5.94. The maximum absolute atomic E-state index is 12.4. The largest absolute Gasteiger partial charge is 0.348 e. The lowest BCUT2D eigenvalue weighted by Gasteiger charge is -2.15. The van der Waals surface area contributed by atoms with E-state index in [2.05, 4.69) is 33.0 Å². The average Bonchev–Trinajstić information content (AvgIpc) is 2.98. The first-order chi connectivity index (χ1) is 10.7. The van der Waals surface area contributed by atoms with Gasteiger partial charge in [-0.3, -0.25) is 9.89 Å². The molecule has 5 nitrogen and oxygen atoms in total. The second kappa shape index (κ2) is 6.75. The third-order valence-corrected chi connectivity index (χ3v) is 4.11. The summed E-state index contributed by atoms with van der Waals surface area (Å²) >= 11 is 0. The maximum Gasteiger partial charge on any atom is 0.272 e. The van der Waals surface area contributed by atoms with Crippen molar-refractivity contribution in [2.24, 2.45) is 0 Å². The lowest BCUT2D eigenvalue weighted by atomic mass is 10.0. The molecule has 3 N–H and O–H groups in total. The van der Waals surface area contributed by atoms with Crippen molar-refractivity contribution in [3.63, 3.8) is 0 Å². The fourth-order valence-electron chi connectivity index (χ4n) is 2.81. The van der Waals surface area contributed by atoms with Gasteiger partial charge in [-0.25, -0.2) is 0 Å². The molecule has 5 heteroatoms. The summed E-state index contributed by atoms with van der Waals surface area (Å²) in [6.07, 6.45) is 2.78. The molecule has 0 saturated carbocycles. The molecule has 2 aromatic rings. The van der Waals surface area contributed by atoms with Crippen molar-refractivity contribution < 1.29 is 4.79 Å². The van der Waals surface area contributed by atoms with Gasteiger partial charge in [0.15, 0.2) is 5.69 Å². The number of hydrogen-bond acceptors (Lipinski definition) is 3. The number of aryl methyl sites for hydroxylation is 1. The first-order valence-corrected chi connectivity index (χ1v) is 7.85. The number of rotatable bonds is 5. The number of carbonyl (C=O) groups is 1. The Kier molecular flexibility index (Phi) is 4.53. The zero-order valence-electron chi connectivity index (χ0n) is 12.9. The monoisotopic (exact) mass is 298 g/mol. The Hall–Kier alpha value is -2.14. The van der Waals surface area contributed by atoms with Crippen LogP contribution in [0.5, 0.6) is 0 Å². The van der Waals surface area contributed by atoms with E-state index in [-0.39, 0.29) is 11.9 Å². The van der Waals surface area contributed by atoms with Crippen LogP contribution in [-0.4, -0.2) is 28.7 Å². The van der Waals surface area contributed by atoms with Gasteiger partial charge in [0.25, 0.3) is 5.91 Å². The van der Waals surface area contributed by atoms with E-state index >= 15 is 0 Å². The van der Waals surface area contributed by atoms with Crippen molar-refractivity contribution in [1.29, 1.82) is 0 Å². The van der Waals surface area contributed by atoms with Crippen molar-refractivity contribution in [2.45, 2.75) is 38.8 Å². The molecule has 1 aromatic heterocycles. The molecule has 116 valence electrons. The van der Waals surface area contributed by atoms with E-state index in [1.165, 1.54) is 5.56 Å². The Morgan fingerprint density at radius 1 is 1.36 bits per heavy atom. The predicted molar refractivity (Wildman–Crippen MR) is 85.7 cm³/mol. The summed E-state index contributed by atoms with van der Waals surface area (Å²) in [6, 6.07) is 10.5. The molecule has 0 radical (unpaired) electrons. The highest BCUT2D eigenvalue weighted by Gasteiger charge is 2.22. The number of amides is 1. The minimum absolute atomic E-state index is 0.0817. The summed E-state index contributed by atoms with van der Waals surface area (Å²) in [6.45, 7) is 3.69. The fourth-order valence-corrected chi connectivity index (χ4v) is 2.81. The van der Waals surface area contributed by atoms with E-state index in [0.29, 0.717) is 12.2 Å². The molecule has 1 aromatic carbocycles. The molecule has 3 rings (SSSR count). The van der Waals surface area contributed by atoms with Crippen molar-refractivity contribution in [2.75, 3.05) is 6.54 Å². The minimum Gasteiger partial charge on any atom is -0.348 e. The maximum atomic E-state index is 12.4. The van der Waals surface area contributed by atoms with Crippen LogP contribution in [0.15, 0.2) is 30.3 Å². The van der Waals surface area contributed by atoms with Crippen molar-refractivity contribution in [1.82, 2.24) is 20.8 Å². The fraction of sp³-hybridized carbons (Fsp3) is 0.412. The van der Waals surface area contributed by atoms with Gasteiger partial charge in [0.2, 0.25) is 0 Å². The van der Waals surface area contributed by atoms with E-state index in [1.807, 2.05) is 25.1 Å². The number of fused-ring (bicyclic) bond motifs is 1. The molecule has 2 heterocycles. The van der Waals surface area contributed by atoms with Crippen molar-refractivity contribution in [3.05, 3.63) is 52.8 Å². The summed E-state index contributed by atoms with van der Waals surface area (Å²) in [4.78, 5) is 12.4. The van der Waals surface area contributed by atoms with Crippen LogP contribution < -0.4 is 10.6 Å². The Morgan fingerprint density at radius 2 is 2.18 bits per heavy atom. The van der Waals surface area contributed by atoms with Crippen LogP contribution in [-0.2, 0) is 19.4 Å². The standard InChI is InChI=1S/C17H22N4O/c1-12(7-8-13-5-3-2-4-6-13)19-17(22)16-14-11-18-10-9-15(14)20-21-16/h2-6,12,18H,7-11H2,1H3,(H,19,22)(H,20,21). The van der Waals surface area contributed by atoms with Gasteiger partial charge in [0, 0.05) is 36.8 Å². The van der Waals surface area contributed by atoms with Crippen molar-refractivity contribution >= 4 is 5.91 Å². The lowest BCUT2D eigenvalue weighted by molar-refractivity contribution is 0.0932. The first kappa shape index (κ1) is 14.8. The van der Waals surface area contributed by atoms with E-state index in [0.717, 1.165) is 37.1 Å². The number of aromatic amines is 1. The smallest absolute Gasteiger partial charge is 0.272 e. The zero-order valence-corrected chi connectivity index (χ0v) is 12.9. The average molecular weight is 298 g/mol.